The predicted octanol–water partition coefficient (Wildman–Crippen LogP) is 3.12. The molecule has 2 heterocycles. The van der Waals surface area contributed by atoms with E-state index in [2.05, 4.69) is 45.8 Å². The van der Waals surface area contributed by atoms with Crippen molar-refractivity contribution >= 4 is 27.4 Å². The topological polar surface area (TPSA) is 28.2 Å². The lowest BCUT2D eigenvalue weighted by molar-refractivity contribution is 0.387. The number of nitrogens with zero attached hydrogens (tertiary/aromatic N) is 2. The van der Waals surface area contributed by atoms with E-state index in [9.17, 15) is 0 Å². The molecule has 0 radical (unpaired) electrons. The molecule has 0 amide bonds. The van der Waals surface area contributed by atoms with Gasteiger partial charge >= 0.3 is 0 Å². The van der Waals surface area contributed by atoms with Crippen LogP contribution < -0.4 is 10.2 Å². The highest BCUT2D eigenvalue weighted by Gasteiger charge is 2.21. The van der Waals surface area contributed by atoms with Crippen LogP contribution in [0.15, 0.2) is 24.3 Å². The van der Waals surface area contributed by atoms with Crippen LogP contribution >= 0.6 is 11.5 Å². The smallest absolute Gasteiger partial charge is 0.119 e. The quantitative estimate of drug-likeness (QED) is 0.929. The van der Waals surface area contributed by atoms with Crippen LogP contribution in [0.25, 0.3) is 10.9 Å². The molecule has 1 fully saturated rings. The van der Waals surface area contributed by atoms with Gasteiger partial charge < -0.3 is 10.2 Å². The molecule has 1 aliphatic heterocycles. The summed E-state index contributed by atoms with van der Waals surface area (Å²) in [5.74, 6) is 0.843. The molecule has 102 valence electrons. The van der Waals surface area contributed by atoms with E-state index in [-0.39, 0.29) is 0 Å². The molecule has 0 spiro atoms. The minimum atomic E-state index is 0.843. The van der Waals surface area contributed by atoms with Crippen molar-refractivity contribution in [2.45, 2.75) is 19.8 Å². The van der Waals surface area contributed by atoms with Gasteiger partial charge in [0.2, 0.25) is 0 Å². The van der Waals surface area contributed by atoms with Gasteiger partial charge in [0.25, 0.3) is 0 Å². The molecule has 4 heteroatoms. The first-order valence-electron chi connectivity index (χ1n) is 7.18. The third-order valence-corrected chi connectivity index (χ3v) is 4.89. The number of hydrogen-bond donors (Lipinski definition) is 1. The third-order valence-electron chi connectivity index (χ3n) is 3.95. The Morgan fingerprint density at radius 3 is 2.89 bits per heavy atom. The van der Waals surface area contributed by atoms with Crippen LogP contribution in [0.3, 0.4) is 0 Å². The summed E-state index contributed by atoms with van der Waals surface area (Å²) in [7, 11) is 0. The lowest BCUT2D eigenvalue weighted by Crippen LogP contribution is -2.37. The molecule has 3 rings (SSSR count). The fraction of sp³-hybridized carbons (Fsp3) is 0.533. The van der Waals surface area contributed by atoms with Crippen LogP contribution in [0, 0.1) is 5.92 Å². The molecule has 1 saturated heterocycles. The van der Waals surface area contributed by atoms with Gasteiger partial charge in [-0.2, -0.15) is 4.37 Å². The average Bonchev–Trinajstić information content (AvgIpc) is 2.90. The largest absolute Gasteiger partial charge is 0.362 e. The van der Waals surface area contributed by atoms with Gasteiger partial charge in [0, 0.05) is 18.5 Å². The number of nitrogens with one attached hydrogen (secondary N) is 1. The van der Waals surface area contributed by atoms with E-state index in [0.29, 0.717) is 0 Å². The van der Waals surface area contributed by atoms with E-state index in [1.165, 1.54) is 42.9 Å². The van der Waals surface area contributed by atoms with E-state index in [0.717, 1.165) is 18.0 Å². The van der Waals surface area contributed by atoms with Crippen LogP contribution in [-0.2, 0) is 0 Å². The van der Waals surface area contributed by atoms with Gasteiger partial charge in [0.05, 0.1) is 5.52 Å². The molecule has 3 nitrogen and oxygen atoms in total. The molecule has 2 aromatic rings. The molecule has 0 bridgehead atoms. The first-order valence-corrected chi connectivity index (χ1v) is 7.96. The lowest BCUT2D eigenvalue weighted by atomic mass is 9.97. The number of benzene rings is 1. The first-order chi connectivity index (χ1) is 9.38. The summed E-state index contributed by atoms with van der Waals surface area (Å²) >= 11 is 1.65. The molecule has 1 aliphatic rings. The van der Waals surface area contributed by atoms with Crippen molar-refractivity contribution in [2.75, 3.05) is 31.1 Å². The number of rotatable bonds is 4. The number of anilines is 1. The Kier molecular flexibility index (Phi) is 3.99. The maximum absolute atomic E-state index is 4.55. The summed E-state index contributed by atoms with van der Waals surface area (Å²) in [6.07, 6.45) is 2.58. The second-order valence-electron chi connectivity index (χ2n) is 5.24. The highest BCUT2D eigenvalue weighted by Crippen LogP contribution is 2.33. The first kappa shape index (κ1) is 12.9. The molecule has 1 aromatic heterocycles. The van der Waals surface area contributed by atoms with Crippen molar-refractivity contribution in [1.29, 1.82) is 0 Å². The van der Waals surface area contributed by atoms with E-state index >= 15 is 0 Å². The van der Waals surface area contributed by atoms with Gasteiger partial charge in [-0.3, -0.25) is 0 Å². The molecular formula is C15H21N3S. The van der Waals surface area contributed by atoms with Gasteiger partial charge in [-0.1, -0.05) is 19.1 Å². The number of hydrogen-bond acceptors (Lipinski definition) is 4. The van der Waals surface area contributed by atoms with E-state index < -0.39 is 0 Å². The van der Waals surface area contributed by atoms with Crippen LogP contribution in [0.1, 0.15) is 19.8 Å². The van der Waals surface area contributed by atoms with Crippen molar-refractivity contribution < 1.29 is 0 Å². The minimum Gasteiger partial charge on any atom is -0.362 e. The molecule has 19 heavy (non-hydrogen) atoms. The van der Waals surface area contributed by atoms with Crippen LogP contribution in [0.2, 0.25) is 0 Å². The van der Waals surface area contributed by atoms with E-state index in [4.69, 9.17) is 0 Å². The van der Waals surface area contributed by atoms with Gasteiger partial charge in [0.1, 0.15) is 5.00 Å². The second-order valence-corrected chi connectivity index (χ2v) is 5.99. The summed E-state index contributed by atoms with van der Waals surface area (Å²) in [5.41, 5.74) is 1.14. The van der Waals surface area contributed by atoms with Crippen LogP contribution in [0.5, 0.6) is 0 Å². The van der Waals surface area contributed by atoms with Gasteiger partial charge in [-0.05, 0) is 55.5 Å². The van der Waals surface area contributed by atoms with Crippen molar-refractivity contribution in [1.82, 2.24) is 9.69 Å². The number of piperidine rings is 1. The van der Waals surface area contributed by atoms with Crippen molar-refractivity contribution in [3.63, 3.8) is 0 Å². The fourth-order valence-electron chi connectivity index (χ4n) is 2.79. The van der Waals surface area contributed by atoms with Gasteiger partial charge in [0.15, 0.2) is 0 Å². The Bertz CT molecular complexity index is 529. The fourth-order valence-corrected chi connectivity index (χ4v) is 3.71. The average molecular weight is 275 g/mol. The highest BCUT2D eigenvalue weighted by atomic mass is 32.1. The number of fused-ring (bicyclic) bond motifs is 1. The third kappa shape index (κ3) is 2.74. The standard InChI is InChI=1S/C15H21N3S/c1-2-16-11-12-7-9-18(10-8-12)15-13-5-3-4-6-14(13)17-19-15/h3-6,12,16H,2,7-11H2,1H3. The van der Waals surface area contributed by atoms with Crippen molar-refractivity contribution in [3.05, 3.63) is 24.3 Å². The zero-order valence-corrected chi connectivity index (χ0v) is 12.2. The predicted molar refractivity (Wildman–Crippen MR) is 83.1 cm³/mol. The summed E-state index contributed by atoms with van der Waals surface area (Å²) < 4.78 is 4.55. The van der Waals surface area contributed by atoms with Gasteiger partial charge in [-0.15, -0.1) is 0 Å². The molecule has 0 atom stereocenters. The minimum absolute atomic E-state index is 0.843. The number of aromatic nitrogens is 1. The summed E-state index contributed by atoms with van der Waals surface area (Å²) in [4.78, 5) is 2.52. The molecular weight excluding hydrogens is 254 g/mol. The SMILES string of the molecule is CCNCC1CCN(c2snc3ccccc23)CC1. The van der Waals surface area contributed by atoms with Crippen molar-refractivity contribution in [2.24, 2.45) is 5.92 Å². The Morgan fingerprint density at radius 2 is 2.11 bits per heavy atom. The molecule has 0 aliphatic carbocycles. The van der Waals surface area contributed by atoms with E-state index in [1.54, 1.807) is 11.5 Å². The zero-order valence-electron chi connectivity index (χ0n) is 11.4. The van der Waals surface area contributed by atoms with Gasteiger partial charge in [-0.25, -0.2) is 0 Å². The molecule has 0 saturated carbocycles. The summed E-state index contributed by atoms with van der Waals surface area (Å²) in [5, 5.41) is 6.14. The second kappa shape index (κ2) is 5.88. The summed E-state index contributed by atoms with van der Waals surface area (Å²) in [6, 6.07) is 8.47. The molecule has 1 aromatic carbocycles. The monoisotopic (exact) mass is 275 g/mol. The molecule has 0 unspecified atom stereocenters. The lowest BCUT2D eigenvalue weighted by Gasteiger charge is -2.32. The van der Waals surface area contributed by atoms with Crippen LogP contribution in [-0.4, -0.2) is 30.6 Å². The summed E-state index contributed by atoms with van der Waals surface area (Å²) in [6.45, 7) is 6.77. The van der Waals surface area contributed by atoms with Crippen LogP contribution in [0.4, 0.5) is 5.00 Å². The van der Waals surface area contributed by atoms with Crippen molar-refractivity contribution in [3.8, 4) is 0 Å². The Balaban J connectivity index is 1.68. The Labute approximate surface area is 118 Å². The maximum Gasteiger partial charge on any atom is 0.119 e. The normalized spacial score (nSPS) is 17.2. The molecule has 1 N–H and O–H groups in total. The maximum atomic E-state index is 4.55. The Morgan fingerprint density at radius 1 is 1.32 bits per heavy atom. The Hall–Kier alpha value is -1.13. The highest BCUT2D eigenvalue weighted by molar-refractivity contribution is 7.11. The zero-order chi connectivity index (χ0) is 13.1. The van der Waals surface area contributed by atoms with E-state index in [1.807, 2.05) is 0 Å².